The molecule has 0 spiro atoms. The minimum Gasteiger partial charge on any atom is -0.494 e. The zero-order valence-corrected chi connectivity index (χ0v) is 12.4. The van der Waals surface area contributed by atoms with Gasteiger partial charge in [-0.1, -0.05) is 12.1 Å². The summed E-state index contributed by atoms with van der Waals surface area (Å²) in [7, 11) is 0. The summed E-state index contributed by atoms with van der Waals surface area (Å²) in [6.07, 6.45) is 0.522. The monoisotopic (exact) mass is 290 g/mol. The molecule has 4 heteroatoms. The van der Waals surface area contributed by atoms with E-state index in [-0.39, 0.29) is 0 Å². The van der Waals surface area contributed by atoms with Crippen molar-refractivity contribution in [3.05, 3.63) is 51.7 Å². The maximum atomic E-state index is 11.6. The molecule has 1 aromatic heterocycles. The first-order valence-electron chi connectivity index (χ1n) is 6.60. The summed E-state index contributed by atoms with van der Waals surface area (Å²) in [5.41, 5.74) is 1.94. The standard InChI is InChI=1S/C16H18O3S/c1-3-19-13-6-4-5-12(9-13)14(16(17)18)10-15-11(2)7-8-20-15/h4-9,14H,3,10H2,1-2H3,(H,17,18). The van der Waals surface area contributed by atoms with E-state index < -0.39 is 11.9 Å². The van der Waals surface area contributed by atoms with Crippen molar-refractivity contribution in [2.75, 3.05) is 6.61 Å². The van der Waals surface area contributed by atoms with Crippen LogP contribution >= 0.6 is 11.3 Å². The van der Waals surface area contributed by atoms with Gasteiger partial charge in [0.2, 0.25) is 0 Å². The summed E-state index contributed by atoms with van der Waals surface area (Å²) in [6, 6.07) is 9.39. The molecule has 1 atom stereocenters. The summed E-state index contributed by atoms with van der Waals surface area (Å²) < 4.78 is 5.45. The van der Waals surface area contributed by atoms with Crippen molar-refractivity contribution in [3.63, 3.8) is 0 Å². The average molecular weight is 290 g/mol. The largest absolute Gasteiger partial charge is 0.494 e. The van der Waals surface area contributed by atoms with E-state index in [4.69, 9.17) is 4.74 Å². The molecule has 0 amide bonds. The quantitative estimate of drug-likeness (QED) is 0.878. The van der Waals surface area contributed by atoms with E-state index in [2.05, 4.69) is 0 Å². The van der Waals surface area contributed by atoms with Crippen LogP contribution in [0.25, 0.3) is 0 Å². The lowest BCUT2D eigenvalue weighted by atomic mass is 9.94. The first kappa shape index (κ1) is 14.6. The number of hydrogen-bond acceptors (Lipinski definition) is 3. The third-order valence-corrected chi connectivity index (χ3v) is 4.27. The van der Waals surface area contributed by atoms with Gasteiger partial charge in [0.05, 0.1) is 12.5 Å². The van der Waals surface area contributed by atoms with E-state index in [1.54, 1.807) is 11.3 Å². The Labute approximate surface area is 122 Å². The Morgan fingerprint density at radius 1 is 1.40 bits per heavy atom. The highest BCUT2D eigenvalue weighted by molar-refractivity contribution is 7.10. The molecule has 0 aliphatic rings. The van der Waals surface area contributed by atoms with Gasteiger partial charge in [-0.25, -0.2) is 0 Å². The average Bonchev–Trinajstić information content (AvgIpc) is 2.82. The summed E-state index contributed by atoms with van der Waals surface area (Å²) >= 11 is 1.61. The maximum absolute atomic E-state index is 11.6. The maximum Gasteiger partial charge on any atom is 0.311 e. The van der Waals surface area contributed by atoms with E-state index in [1.807, 2.05) is 49.6 Å². The molecule has 20 heavy (non-hydrogen) atoms. The van der Waals surface area contributed by atoms with Gasteiger partial charge in [-0.15, -0.1) is 11.3 Å². The number of aryl methyl sites for hydroxylation is 1. The molecular formula is C16H18O3S. The molecule has 106 valence electrons. The number of thiophene rings is 1. The molecule has 1 aromatic carbocycles. The highest BCUT2D eigenvalue weighted by atomic mass is 32.1. The van der Waals surface area contributed by atoms with Crippen LogP contribution in [0.5, 0.6) is 5.75 Å². The number of ether oxygens (including phenoxy) is 1. The van der Waals surface area contributed by atoms with Crippen molar-refractivity contribution in [2.24, 2.45) is 0 Å². The van der Waals surface area contributed by atoms with E-state index in [0.717, 1.165) is 21.8 Å². The third-order valence-electron chi connectivity index (χ3n) is 3.23. The molecule has 1 N–H and O–H groups in total. The minimum absolute atomic E-state index is 0.522. The van der Waals surface area contributed by atoms with Crippen LogP contribution in [0.15, 0.2) is 35.7 Å². The van der Waals surface area contributed by atoms with Crippen molar-refractivity contribution in [1.82, 2.24) is 0 Å². The lowest BCUT2D eigenvalue weighted by Crippen LogP contribution is -2.14. The van der Waals surface area contributed by atoms with E-state index in [1.165, 1.54) is 0 Å². The van der Waals surface area contributed by atoms with Crippen LogP contribution in [0.4, 0.5) is 0 Å². The van der Waals surface area contributed by atoms with E-state index >= 15 is 0 Å². The van der Waals surface area contributed by atoms with Gasteiger partial charge >= 0.3 is 5.97 Å². The molecular weight excluding hydrogens is 272 g/mol. The Morgan fingerprint density at radius 3 is 2.80 bits per heavy atom. The summed E-state index contributed by atoms with van der Waals surface area (Å²) in [6.45, 7) is 4.50. The van der Waals surface area contributed by atoms with Crippen LogP contribution in [-0.2, 0) is 11.2 Å². The van der Waals surface area contributed by atoms with Crippen LogP contribution in [0.2, 0.25) is 0 Å². The first-order valence-corrected chi connectivity index (χ1v) is 7.48. The number of carbonyl (C=O) groups is 1. The fraction of sp³-hybridized carbons (Fsp3) is 0.312. The summed E-state index contributed by atoms with van der Waals surface area (Å²) in [4.78, 5) is 12.7. The van der Waals surface area contributed by atoms with Gasteiger partial charge in [-0.05, 0) is 55.0 Å². The van der Waals surface area contributed by atoms with Crippen molar-refractivity contribution < 1.29 is 14.6 Å². The topological polar surface area (TPSA) is 46.5 Å². The van der Waals surface area contributed by atoms with Crippen molar-refractivity contribution in [2.45, 2.75) is 26.2 Å². The van der Waals surface area contributed by atoms with Crippen LogP contribution in [0, 0.1) is 6.92 Å². The van der Waals surface area contributed by atoms with Gasteiger partial charge in [0.1, 0.15) is 5.75 Å². The van der Waals surface area contributed by atoms with Gasteiger partial charge in [-0.2, -0.15) is 0 Å². The number of benzene rings is 1. The van der Waals surface area contributed by atoms with Gasteiger partial charge < -0.3 is 9.84 Å². The number of hydrogen-bond donors (Lipinski definition) is 1. The predicted molar refractivity (Wildman–Crippen MR) is 80.7 cm³/mol. The molecule has 0 radical (unpaired) electrons. The predicted octanol–water partition coefficient (Wildman–Crippen LogP) is 3.87. The molecule has 2 rings (SSSR count). The Balaban J connectivity index is 2.26. The molecule has 0 aliphatic carbocycles. The fourth-order valence-corrected chi connectivity index (χ4v) is 3.09. The second-order valence-corrected chi connectivity index (χ2v) is 5.63. The van der Waals surface area contributed by atoms with Gasteiger partial charge in [0.25, 0.3) is 0 Å². The van der Waals surface area contributed by atoms with Crippen molar-refractivity contribution in [3.8, 4) is 5.75 Å². The molecule has 0 saturated carbocycles. The van der Waals surface area contributed by atoms with Crippen LogP contribution in [0.3, 0.4) is 0 Å². The molecule has 3 nitrogen and oxygen atoms in total. The Hall–Kier alpha value is -1.81. The second-order valence-electron chi connectivity index (χ2n) is 4.63. The molecule has 0 bridgehead atoms. The van der Waals surface area contributed by atoms with Gasteiger partial charge in [0.15, 0.2) is 0 Å². The van der Waals surface area contributed by atoms with Crippen molar-refractivity contribution in [1.29, 1.82) is 0 Å². The number of carboxylic acid groups (broad SMARTS) is 1. The fourth-order valence-electron chi connectivity index (χ4n) is 2.13. The van der Waals surface area contributed by atoms with Crippen LogP contribution in [-0.4, -0.2) is 17.7 Å². The SMILES string of the molecule is CCOc1cccc(C(Cc2sccc2C)C(=O)O)c1. The lowest BCUT2D eigenvalue weighted by Gasteiger charge is -2.14. The molecule has 0 aliphatic heterocycles. The number of carboxylic acids is 1. The highest BCUT2D eigenvalue weighted by Gasteiger charge is 2.22. The van der Waals surface area contributed by atoms with Gasteiger partial charge in [-0.3, -0.25) is 4.79 Å². The lowest BCUT2D eigenvalue weighted by molar-refractivity contribution is -0.138. The smallest absolute Gasteiger partial charge is 0.311 e. The second kappa shape index (κ2) is 6.57. The summed E-state index contributed by atoms with van der Waals surface area (Å²) in [5, 5.41) is 11.5. The van der Waals surface area contributed by atoms with E-state index in [9.17, 15) is 9.90 Å². The molecule has 2 aromatic rings. The third kappa shape index (κ3) is 3.39. The molecule has 0 saturated heterocycles. The Bertz CT molecular complexity index is 589. The molecule has 1 heterocycles. The zero-order chi connectivity index (χ0) is 14.5. The minimum atomic E-state index is -0.800. The highest BCUT2D eigenvalue weighted by Crippen LogP contribution is 2.28. The van der Waals surface area contributed by atoms with Crippen LogP contribution < -0.4 is 4.74 Å². The summed E-state index contributed by atoms with van der Waals surface area (Å²) in [5.74, 6) is -0.613. The molecule has 1 unspecified atom stereocenters. The van der Waals surface area contributed by atoms with Gasteiger partial charge in [0, 0.05) is 4.88 Å². The Kier molecular flexibility index (Phi) is 4.79. The van der Waals surface area contributed by atoms with Crippen molar-refractivity contribution >= 4 is 17.3 Å². The normalized spacial score (nSPS) is 12.1. The molecule has 0 fully saturated rings. The number of aliphatic carboxylic acids is 1. The van der Waals surface area contributed by atoms with Crippen LogP contribution in [0.1, 0.15) is 28.8 Å². The zero-order valence-electron chi connectivity index (χ0n) is 11.6. The number of rotatable bonds is 6. The van der Waals surface area contributed by atoms with E-state index in [0.29, 0.717) is 13.0 Å². The Morgan fingerprint density at radius 2 is 2.20 bits per heavy atom. The first-order chi connectivity index (χ1) is 9.61.